The van der Waals surface area contributed by atoms with Crippen molar-refractivity contribution in [2.24, 2.45) is 0 Å². The number of rotatable bonds is 5. The summed E-state index contributed by atoms with van der Waals surface area (Å²) in [5.41, 5.74) is 7.03. The molecule has 112 valence electrons. The largest absolute Gasteiger partial charge is 0.383 e. The van der Waals surface area contributed by atoms with Gasteiger partial charge in [-0.15, -0.1) is 0 Å². The van der Waals surface area contributed by atoms with Crippen LogP contribution in [0.4, 0.5) is 11.6 Å². The summed E-state index contributed by atoms with van der Waals surface area (Å²) in [4.78, 5) is 15.6. The molecule has 1 fully saturated rings. The van der Waals surface area contributed by atoms with E-state index in [0.29, 0.717) is 5.82 Å². The van der Waals surface area contributed by atoms with E-state index in [-0.39, 0.29) is 0 Å². The minimum absolute atomic E-state index is 0.618. The summed E-state index contributed by atoms with van der Waals surface area (Å²) in [7, 11) is 4.24. The van der Waals surface area contributed by atoms with Crippen molar-refractivity contribution in [2.45, 2.75) is 13.3 Å². The maximum Gasteiger partial charge on any atom is 0.137 e. The van der Waals surface area contributed by atoms with Crippen LogP contribution in [0.25, 0.3) is 0 Å². The van der Waals surface area contributed by atoms with E-state index in [0.717, 1.165) is 57.1 Å². The average Bonchev–Trinajstić information content (AvgIpc) is 2.45. The van der Waals surface area contributed by atoms with E-state index in [1.165, 1.54) is 0 Å². The number of hydrogen-bond acceptors (Lipinski definition) is 6. The van der Waals surface area contributed by atoms with Crippen molar-refractivity contribution in [3.05, 3.63) is 11.9 Å². The first-order chi connectivity index (χ1) is 9.61. The Morgan fingerprint density at radius 2 is 1.90 bits per heavy atom. The van der Waals surface area contributed by atoms with Crippen LogP contribution in [0.1, 0.15) is 12.5 Å². The van der Waals surface area contributed by atoms with Crippen LogP contribution in [-0.2, 0) is 6.42 Å². The number of nitrogens with zero attached hydrogens (tertiary/aromatic N) is 5. The summed E-state index contributed by atoms with van der Waals surface area (Å²) in [6.45, 7) is 8.54. The number of likely N-dealkylation sites (N-methyl/N-ethyl adjacent to an activating group) is 1. The highest BCUT2D eigenvalue weighted by atomic mass is 15.3. The molecular formula is C14H26N6. The van der Waals surface area contributed by atoms with Gasteiger partial charge >= 0.3 is 0 Å². The number of aromatic nitrogens is 2. The number of nitrogen functional groups attached to an aromatic ring is 1. The molecule has 0 aromatic carbocycles. The molecule has 20 heavy (non-hydrogen) atoms. The maximum absolute atomic E-state index is 5.95. The molecule has 1 aliphatic heterocycles. The van der Waals surface area contributed by atoms with Gasteiger partial charge in [0.2, 0.25) is 0 Å². The monoisotopic (exact) mass is 278 g/mol. The number of anilines is 2. The Balaban J connectivity index is 1.95. The molecule has 6 nitrogen and oxygen atoms in total. The zero-order valence-corrected chi connectivity index (χ0v) is 12.8. The summed E-state index contributed by atoms with van der Waals surface area (Å²) < 4.78 is 0. The lowest BCUT2D eigenvalue weighted by Gasteiger charge is -2.36. The van der Waals surface area contributed by atoms with Crippen LogP contribution in [0.3, 0.4) is 0 Å². The van der Waals surface area contributed by atoms with Gasteiger partial charge in [0.05, 0.1) is 0 Å². The molecule has 0 spiro atoms. The highest BCUT2D eigenvalue weighted by Gasteiger charge is 2.20. The molecule has 1 aromatic heterocycles. The average molecular weight is 278 g/mol. The summed E-state index contributed by atoms with van der Waals surface area (Å²) in [6, 6.07) is 0. The maximum atomic E-state index is 5.95. The van der Waals surface area contributed by atoms with Gasteiger partial charge in [-0.25, -0.2) is 9.97 Å². The fourth-order valence-corrected chi connectivity index (χ4v) is 2.55. The van der Waals surface area contributed by atoms with E-state index < -0.39 is 0 Å². The zero-order chi connectivity index (χ0) is 14.5. The molecular weight excluding hydrogens is 252 g/mol. The quantitative estimate of drug-likeness (QED) is 0.836. The molecule has 6 heteroatoms. The number of piperazine rings is 1. The number of hydrogen-bond donors (Lipinski definition) is 1. The molecule has 0 amide bonds. The highest BCUT2D eigenvalue weighted by molar-refractivity contribution is 5.56. The van der Waals surface area contributed by atoms with Gasteiger partial charge in [0.1, 0.15) is 18.0 Å². The molecule has 2 heterocycles. The van der Waals surface area contributed by atoms with Crippen LogP contribution < -0.4 is 10.6 Å². The molecule has 0 aliphatic carbocycles. The normalized spacial score (nSPS) is 16.9. The second-order valence-corrected chi connectivity index (χ2v) is 5.55. The lowest BCUT2D eigenvalue weighted by molar-refractivity contribution is 0.229. The van der Waals surface area contributed by atoms with Crippen LogP contribution in [0.15, 0.2) is 6.33 Å². The van der Waals surface area contributed by atoms with Crippen molar-refractivity contribution in [3.8, 4) is 0 Å². The molecule has 0 atom stereocenters. The minimum atomic E-state index is 0.618. The van der Waals surface area contributed by atoms with Gasteiger partial charge in [0.15, 0.2) is 0 Å². The van der Waals surface area contributed by atoms with E-state index in [1.54, 1.807) is 6.33 Å². The lowest BCUT2D eigenvalue weighted by atomic mass is 10.2. The Kier molecular flexibility index (Phi) is 5.14. The molecule has 0 unspecified atom stereocenters. The predicted molar refractivity (Wildman–Crippen MR) is 83.0 cm³/mol. The predicted octanol–water partition coefficient (Wildman–Crippen LogP) is 0.305. The van der Waals surface area contributed by atoms with E-state index in [2.05, 4.69) is 45.7 Å². The molecule has 1 aliphatic rings. The second-order valence-electron chi connectivity index (χ2n) is 5.55. The fraction of sp³-hybridized carbons (Fsp3) is 0.714. The van der Waals surface area contributed by atoms with Crippen molar-refractivity contribution in [1.29, 1.82) is 0 Å². The SMILES string of the molecule is CCc1c(N)ncnc1N1CCN(CCN(C)C)CC1. The molecule has 0 radical (unpaired) electrons. The van der Waals surface area contributed by atoms with Gasteiger partial charge in [0, 0.05) is 44.8 Å². The van der Waals surface area contributed by atoms with Gasteiger partial charge < -0.3 is 15.5 Å². The van der Waals surface area contributed by atoms with Gasteiger partial charge in [-0.3, -0.25) is 4.90 Å². The molecule has 1 aromatic rings. The first-order valence-electron chi connectivity index (χ1n) is 7.33. The van der Waals surface area contributed by atoms with Crippen molar-refractivity contribution >= 4 is 11.6 Å². The first kappa shape index (κ1) is 15.0. The van der Waals surface area contributed by atoms with Crippen LogP contribution in [0.5, 0.6) is 0 Å². The van der Waals surface area contributed by atoms with Crippen molar-refractivity contribution < 1.29 is 0 Å². The van der Waals surface area contributed by atoms with Crippen LogP contribution in [0.2, 0.25) is 0 Å². The van der Waals surface area contributed by atoms with Crippen molar-refractivity contribution in [2.75, 3.05) is 64.0 Å². The molecule has 0 saturated carbocycles. The van der Waals surface area contributed by atoms with Crippen LogP contribution in [0, 0.1) is 0 Å². The minimum Gasteiger partial charge on any atom is -0.383 e. The number of nitrogens with two attached hydrogens (primary N) is 1. The smallest absolute Gasteiger partial charge is 0.137 e. The Morgan fingerprint density at radius 3 is 2.50 bits per heavy atom. The van der Waals surface area contributed by atoms with Crippen molar-refractivity contribution in [3.63, 3.8) is 0 Å². The van der Waals surface area contributed by atoms with E-state index in [1.807, 2.05) is 0 Å². The van der Waals surface area contributed by atoms with E-state index >= 15 is 0 Å². The third-order valence-electron chi connectivity index (χ3n) is 3.84. The molecule has 2 N–H and O–H groups in total. The molecule has 2 rings (SSSR count). The zero-order valence-electron chi connectivity index (χ0n) is 12.8. The van der Waals surface area contributed by atoms with Gasteiger partial charge in [-0.2, -0.15) is 0 Å². The van der Waals surface area contributed by atoms with Crippen LogP contribution >= 0.6 is 0 Å². The van der Waals surface area contributed by atoms with E-state index in [9.17, 15) is 0 Å². The molecule has 1 saturated heterocycles. The van der Waals surface area contributed by atoms with E-state index in [4.69, 9.17) is 5.73 Å². The fourth-order valence-electron chi connectivity index (χ4n) is 2.55. The molecule has 0 bridgehead atoms. The summed E-state index contributed by atoms with van der Waals surface area (Å²) in [6.07, 6.45) is 2.45. The second kappa shape index (κ2) is 6.85. The Morgan fingerprint density at radius 1 is 1.20 bits per heavy atom. The standard InChI is InChI=1S/C14H26N6/c1-4-12-13(15)16-11-17-14(12)20-9-7-19(8-10-20)6-5-18(2)3/h11H,4-10H2,1-3H3,(H2,15,16,17). The van der Waals surface area contributed by atoms with Crippen molar-refractivity contribution in [1.82, 2.24) is 19.8 Å². The van der Waals surface area contributed by atoms with Gasteiger partial charge in [0.25, 0.3) is 0 Å². The Bertz CT molecular complexity index is 426. The summed E-state index contributed by atoms with van der Waals surface area (Å²) >= 11 is 0. The summed E-state index contributed by atoms with van der Waals surface area (Å²) in [5, 5.41) is 0. The third-order valence-corrected chi connectivity index (χ3v) is 3.84. The topological polar surface area (TPSA) is 61.5 Å². The Hall–Kier alpha value is -1.40. The summed E-state index contributed by atoms with van der Waals surface area (Å²) in [5.74, 6) is 1.64. The van der Waals surface area contributed by atoms with Gasteiger partial charge in [-0.05, 0) is 20.5 Å². The lowest BCUT2D eigenvalue weighted by Crippen LogP contribution is -2.48. The third kappa shape index (κ3) is 3.58. The first-order valence-corrected chi connectivity index (χ1v) is 7.33. The highest BCUT2D eigenvalue weighted by Crippen LogP contribution is 2.22. The van der Waals surface area contributed by atoms with Gasteiger partial charge in [-0.1, -0.05) is 6.92 Å². The Labute approximate surface area is 121 Å². The van der Waals surface area contributed by atoms with Crippen LogP contribution in [-0.4, -0.2) is 73.1 Å².